The highest BCUT2D eigenvalue weighted by molar-refractivity contribution is 6.37. The largest absolute Gasteiger partial charge is 0.480 e. The van der Waals surface area contributed by atoms with Crippen LogP contribution in [0.5, 0.6) is 5.75 Å². The third kappa shape index (κ3) is 4.15. The van der Waals surface area contributed by atoms with Crippen molar-refractivity contribution >= 4 is 34.8 Å². The average Bonchev–Trinajstić information content (AvgIpc) is 2.53. The number of carbonyl (C=O) groups is 1. The van der Waals surface area contributed by atoms with Crippen LogP contribution >= 0.6 is 23.2 Å². The first kappa shape index (κ1) is 17.6. The van der Waals surface area contributed by atoms with E-state index in [1.807, 2.05) is 31.2 Å². The van der Waals surface area contributed by atoms with Crippen LogP contribution in [-0.4, -0.2) is 17.5 Å². The zero-order valence-corrected chi connectivity index (χ0v) is 14.8. The molecule has 122 valence electrons. The van der Waals surface area contributed by atoms with Gasteiger partial charge in [-0.3, -0.25) is 9.78 Å². The Labute approximate surface area is 145 Å². The minimum atomic E-state index is -0.273. The number of nitrogens with one attached hydrogen (secondary N) is 1. The zero-order chi connectivity index (χ0) is 17.0. The highest BCUT2D eigenvalue weighted by Crippen LogP contribution is 2.36. The predicted octanol–water partition coefficient (Wildman–Crippen LogP) is 4.59. The van der Waals surface area contributed by atoms with E-state index in [1.54, 1.807) is 13.8 Å². The number of ether oxygens (including phenoxy) is 1. The monoisotopic (exact) mass is 352 g/mol. The first-order valence-electron chi connectivity index (χ1n) is 7.26. The third-order valence-electron chi connectivity index (χ3n) is 3.39. The second-order valence-corrected chi connectivity index (χ2v) is 5.84. The van der Waals surface area contributed by atoms with Gasteiger partial charge in [-0.25, -0.2) is 0 Å². The van der Waals surface area contributed by atoms with Gasteiger partial charge in [0.05, 0.1) is 11.4 Å². The van der Waals surface area contributed by atoms with Crippen molar-refractivity contribution in [2.75, 3.05) is 11.9 Å². The van der Waals surface area contributed by atoms with Gasteiger partial charge < -0.3 is 10.1 Å². The van der Waals surface area contributed by atoms with Crippen molar-refractivity contribution < 1.29 is 9.53 Å². The summed E-state index contributed by atoms with van der Waals surface area (Å²) in [6.45, 7) is 5.37. The molecule has 0 fully saturated rings. The molecule has 0 spiro atoms. The van der Waals surface area contributed by atoms with Crippen LogP contribution in [0.15, 0.2) is 24.3 Å². The Morgan fingerprint density at radius 1 is 1.17 bits per heavy atom. The molecule has 2 rings (SSSR count). The lowest BCUT2D eigenvalue weighted by Gasteiger charge is -2.14. The maximum atomic E-state index is 12.1. The first-order valence-corrected chi connectivity index (χ1v) is 8.02. The topological polar surface area (TPSA) is 51.2 Å². The summed E-state index contributed by atoms with van der Waals surface area (Å²) in [4.78, 5) is 16.3. The van der Waals surface area contributed by atoms with Gasteiger partial charge in [0.15, 0.2) is 12.4 Å². The fourth-order valence-electron chi connectivity index (χ4n) is 2.18. The number of nitrogens with zero attached hydrogens (tertiary/aromatic N) is 1. The SMILES string of the molecule is CCc1ccccc1NC(=O)COc1c(Cl)c(C)nc(C)c1Cl. The molecule has 0 radical (unpaired) electrons. The van der Waals surface area contributed by atoms with Gasteiger partial charge >= 0.3 is 0 Å². The summed E-state index contributed by atoms with van der Waals surface area (Å²) in [5, 5.41) is 3.48. The molecule has 0 bridgehead atoms. The molecule has 23 heavy (non-hydrogen) atoms. The highest BCUT2D eigenvalue weighted by Gasteiger charge is 2.16. The van der Waals surface area contributed by atoms with Gasteiger partial charge in [0.2, 0.25) is 0 Å². The minimum Gasteiger partial charge on any atom is -0.480 e. The lowest BCUT2D eigenvalue weighted by atomic mass is 10.1. The van der Waals surface area contributed by atoms with E-state index in [1.165, 1.54) is 0 Å². The fourth-order valence-corrected chi connectivity index (χ4v) is 2.61. The van der Waals surface area contributed by atoms with Crippen LogP contribution in [0.3, 0.4) is 0 Å². The number of hydrogen-bond donors (Lipinski definition) is 1. The van der Waals surface area contributed by atoms with Crippen molar-refractivity contribution in [3.05, 3.63) is 51.3 Å². The smallest absolute Gasteiger partial charge is 0.262 e. The molecular weight excluding hydrogens is 335 g/mol. The molecule has 0 saturated heterocycles. The predicted molar refractivity (Wildman–Crippen MR) is 93.7 cm³/mol. The third-order valence-corrected chi connectivity index (χ3v) is 4.28. The highest BCUT2D eigenvalue weighted by atomic mass is 35.5. The van der Waals surface area contributed by atoms with E-state index < -0.39 is 0 Å². The lowest BCUT2D eigenvalue weighted by Crippen LogP contribution is -2.21. The van der Waals surface area contributed by atoms with Crippen LogP contribution < -0.4 is 10.1 Å². The summed E-state index contributed by atoms with van der Waals surface area (Å²) >= 11 is 12.3. The van der Waals surface area contributed by atoms with Crippen LogP contribution in [0.4, 0.5) is 5.69 Å². The van der Waals surface area contributed by atoms with Crippen LogP contribution in [0, 0.1) is 13.8 Å². The van der Waals surface area contributed by atoms with Gasteiger partial charge in [-0.05, 0) is 31.9 Å². The van der Waals surface area contributed by atoms with E-state index in [2.05, 4.69) is 10.3 Å². The standard InChI is InChI=1S/C17H18Cl2N2O2/c1-4-12-7-5-6-8-13(12)21-14(22)9-23-17-15(18)10(2)20-11(3)16(17)19/h5-8H,4,9H2,1-3H3,(H,21,22). The number of halogens is 2. The number of para-hydroxylation sites is 1. The summed E-state index contributed by atoms with van der Waals surface area (Å²) in [7, 11) is 0. The minimum absolute atomic E-state index is 0.180. The summed E-state index contributed by atoms with van der Waals surface area (Å²) in [5.74, 6) is 0.0161. The molecule has 1 aromatic heterocycles. The Bertz CT molecular complexity index is 707. The van der Waals surface area contributed by atoms with Crippen molar-refractivity contribution in [2.24, 2.45) is 0 Å². The number of amides is 1. The molecular formula is C17H18Cl2N2O2. The summed E-state index contributed by atoms with van der Waals surface area (Å²) in [6, 6.07) is 7.64. The van der Waals surface area contributed by atoms with Crippen molar-refractivity contribution in [1.82, 2.24) is 4.98 Å². The number of hydrogen-bond acceptors (Lipinski definition) is 3. The first-order chi connectivity index (χ1) is 10.9. The fraction of sp³-hybridized carbons (Fsp3) is 0.294. The molecule has 0 aliphatic carbocycles. The van der Waals surface area contributed by atoms with E-state index in [0.717, 1.165) is 17.7 Å². The van der Waals surface area contributed by atoms with Gasteiger partial charge in [-0.1, -0.05) is 48.3 Å². The van der Waals surface area contributed by atoms with Crippen molar-refractivity contribution in [3.8, 4) is 5.75 Å². The summed E-state index contributed by atoms with van der Waals surface area (Å²) in [6.07, 6.45) is 0.831. The van der Waals surface area contributed by atoms with Crippen molar-refractivity contribution in [2.45, 2.75) is 27.2 Å². The number of aryl methyl sites for hydroxylation is 3. The van der Waals surface area contributed by atoms with E-state index in [4.69, 9.17) is 27.9 Å². The molecule has 0 saturated carbocycles. The molecule has 0 unspecified atom stereocenters. The molecule has 1 N–H and O–H groups in total. The van der Waals surface area contributed by atoms with Gasteiger partial charge in [-0.2, -0.15) is 0 Å². The molecule has 1 amide bonds. The van der Waals surface area contributed by atoms with E-state index in [9.17, 15) is 4.79 Å². The maximum absolute atomic E-state index is 12.1. The number of pyridine rings is 1. The molecule has 1 aromatic carbocycles. The lowest BCUT2D eigenvalue weighted by molar-refractivity contribution is -0.118. The molecule has 4 nitrogen and oxygen atoms in total. The second-order valence-electron chi connectivity index (χ2n) is 5.09. The quantitative estimate of drug-likeness (QED) is 0.856. The Morgan fingerprint density at radius 2 is 1.78 bits per heavy atom. The van der Waals surface area contributed by atoms with Crippen molar-refractivity contribution in [1.29, 1.82) is 0 Å². The normalized spacial score (nSPS) is 10.5. The number of carbonyl (C=O) groups excluding carboxylic acids is 1. The number of aromatic nitrogens is 1. The van der Waals surface area contributed by atoms with Gasteiger partial charge in [0, 0.05) is 5.69 Å². The van der Waals surface area contributed by atoms with E-state index in [0.29, 0.717) is 21.4 Å². The van der Waals surface area contributed by atoms with Gasteiger partial charge in [0.1, 0.15) is 10.0 Å². The number of rotatable bonds is 5. The Hall–Kier alpha value is -1.78. The Balaban J connectivity index is 2.08. The molecule has 0 atom stereocenters. The van der Waals surface area contributed by atoms with E-state index >= 15 is 0 Å². The summed E-state index contributed by atoms with van der Waals surface area (Å²) < 4.78 is 5.52. The molecule has 0 aliphatic heterocycles. The van der Waals surface area contributed by atoms with Crippen LogP contribution in [0.1, 0.15) is 23.9 Å². The molecule has 2 aromatic rings. The molecule has 6 heteroatoms. The molecule has 1 heterocycles. The average molecular weight is 353 g/mol. The van der Waals surface area contributed by atoms with E-state index in [-0.39, 0.29) is 18.3 Å². The number of anilines is 1. The molecule has 0 aliphatic rings. The summed E-state index contributed by atoms with van der Waals surface area (Å²) in [5.41, 5.74) is 3.07. The van der Waals surface area contributed by atoms with Gasteiger partial charge in [-0.15, -0.1) is 0 Å². The number of benzene rings is 1. The van der Waals surface area contributed by atoms with Crippen LogP contribution in [0.2, 0.25) is 10.0 Å². The van der Waals surface area contributed by atoms with Crippen molar-refractivity contribution in [3.63, 3.8) is 0 Å². The Morgan fingerprint density at radius 3 is 2.39 bits per heavy atom. The Kier molecular flexibility index (Phi) is 5.85. The van der Waals surface area contributed by atoms with Gasteiger partial charge in [0.25, 0.3) is 5.91 Å². The van der Waals surface area contributed by atoms with Crippen LogP contribution in [0.25, 0.3) is 0 Å². The zero-order valence-electron chi connectivity index (χ0n) is 13.2. The van der Waals surface area contributed by atoms with Crippen LogP contribution in [-0.2, 0) is 11.2 Å². The second kappa shape index (κ2) is 7.66. The maximum Gasteiger partial charge on any atom is 0.262 e.